The lowest BCUT2D eigenvalue weighted by atomic mass is 10.0. The van der Waals surface area contributed by atoms with E-state index < -0.39 is 6.04 Å². The summed E-state index contributed by atoms with van der Waals surface area (Å²) in [5.74, 6) is -0.176. The second kappa shape index (κ2) is 10.3. The molecule has 1 atom stereocenters. The Morgan fingerprint density at radius 1 is 0.906 bits per heavy atom. The molecule has 0 spiro atoms. The lowest BCUT2D eigenvalue weighted by molar-refractivity contribution is -0.142. The Kier molecular flexibility index (Phi) is 7.04. The van der Waals surface area contributed by atoms with Crippen molar-refractivity contribution in [1.29, 1.82) is 0 Å². The van der Waals surface area contributed by atoms with Gasteiger partial charge in [0.25, 0.3) is 0 Å². The van der Waals surface area contributed by atoms with Crippen LogP contribution >= 0.6 is 0 Å². The number of rotatable bonds is 6. The smallest absolute Gasteiger partial charge is 0.321 e. The van der Waals surface area contributed by atoms with E-state index in [1.165, 1.54) is 0 Å². The van der Waals surface area contributed by atoms with Crippen LogP contribution < -0.4 is 10.6 Å². The van der Waals surface area contributed by atoms with Crippen molar-refractivity contribution in [3.63, 3.8) is 0 Å². The number of urea groups is 1. The Bertz CT molecular complexity index is 957. The van der Waals surface area contributed by atoms with Crippen LogP contribution in [0.2, 0.25) is 0 Å². The first-order valence-electron chi connectivity index (χ1n) is 11.4. The summed E-state index contributed by atoms with van der Waals surface area (Å²) in [5.41, 5.74) is 2.40. The summed E-state index contributed by atoms with van der Waals surface area (Å²) in [6.45, 7) is 2.48. The summed E-state index contributed by atoms with van der Waals surface area (Å²) >= 11 is 0. The molecule has 168 valence electrons. The zero-order valence-corrected chi connectivity index (χ0v) is 18.3. The van der Waals surface area contributed by atoms with Crippen LogP contribution in [0.15, 0.2) is 54.6 Å². The minimum absolute atomic E-state index is 0.0203. The molecular weight excluding hydrogens is 404 g/mol. The highest BCUT2D eigenvalue weighted by molar-refractivity contribution is 5.90. The molecular formula is C25H30N4O3. The molecule has 2 heterocycles. The van der Waals surface area contributed by atoms with Gasteiger partial charge in [0, 0.05) is 38.3 Å². The first-order chi connectivity index (χ1) is 15.6. The van der Waals surface area contributed by atoms with E-state index in [9.17, 15) is 14.4 Å². The summed E-state index contributed by atoms with van der Waals surface area (Å²) in [7, 11) is 0. The van der Waals surface area contributed by atoms with E-state index in [0.29, 0.717) is 25.2 Å². The number of nitrogens with one attached hydrogen (secondary N) is 2. The molecule has 1 unspecified atom stereocenters. The molecule has 0 radical (unpaired) electrons. The zero-order valence-electron chi connectivity index (χ0n) is 18.3. The molecule has 0 bridgehead atoms. The molecule has 2 aliphatic heterocycles. The number of carbonyl (C=O) groups is 3. The predicted octanol–water partition coefficient (Wildman–Crippen LogP) is 3.68. The molecule has 0 aromatic heterocycles. The molecule has 0 saturated carbocycles. The summed E-state index contributed by atoms with van der Waals surface area (Å²) in [5, 5.41) is 5.93. The van der Waals surface area contributed by atoms with Gasteiger partial charge in [0.05, 0.1) is 0 Å². The third-order valence-corrected chi connectivity index (χ3v) is 6.07. The van der Waals surface area contributed by atoms with Crippen molar-refractivity contribution in [2.45, 2.75) is 44.7 Å². The van der Waals surface area contributed by atoms with E-state index in [2.05, 4.69) is 10.6 Å². The number of anilines is 1. The number of nitrogens with zero attached hydrogens (tertiary/aromatic N) is 2. The zero-order chi connectivity index (χ0) is 22.3. The van der Waals surface area contributed by atoms with E-state index in [-0.39, 0.29) is 17.8 Å². The topological polar surface area (TPSA) is 81.8 Å². The third kappa shape index (κ3) is 5.28. The number of carbonyl (C=O) groups excluding carboxylic acids is 3. The van der Waals surface area contributed by atoms with Gasteiger partial charge in [-0.15, -0.1) is 0 Å². The van der Waals surface area contributed by atoms with Gasteiger partial charge in [0.2, 0.25) is 11.8 Å². The number of hydrogen-bond donors (Lipinski definition) is 2. The maximum absolute atomic E-state index is 13.2. The van der Waals surface area contributed by atoms with Crippen LogP contribution in [-0.4, -0.2) is 47.3 Å². The van der Waals surface area contributed by atoms with Gasteiger partial charge in [-0.3, -0.25) is 9.59 Å². The molecule has 2 saturated heterocycles. The lowest BCUT2D eigenvalue weighted by Gasteiger charge is -2.34. The number of amides is 4. The van der Waals surface area contributed by atoms with Crippen LogP contribution in [-0.2, 0) is 16.1 Å². The van der Waals surface area contributed by atoms with Crippen LogP contribution in [0.25, 0.3) is 0 Å². The van der Waals surface area contributed by atoms with Gasteiger partial charge in [-0.05, 0) is 48.9 Å². The summed E-state index contributed by atoms with van der Waals surface area (Å²) < 4.78 is 0. The van der Waals surface area contributed by atoms with E-state index in [1.807, 2.05) is 59.5 Å². The molecule has 2 fully saturated rings. The van der Waals surface area contributed by atoms with Gasteiger partial charge in [0.15, 0.2) is 0 Å². The lowest BCUT2D eigenvalue weighted by Crippen LogP contribution is -2.45. The maximum atomic E-state index is 13.2. The number of benzene rings is 2. The molecule has 32 heavy (non-hydrogen) atoms. The van der Waals surface area contributed by atoms with Crippen LogP contribution in [0.4, 0.5) is 10.5 Å². The fourth-order valence-electron chi connectivity index (χ4n) is 4.38. The molecule has 7 heteroatoms. The van der Waals surface area contributed by atoms with Gasteiger partial charge in [-0.25, -0.2) is 4.79 Å². The third-order valence-electron chi connectivity index (χ3n) is 6.07. The minimum atomic E-state index is -0.637. The molecule has 2 aliphatic rings. The van der Waals surface area contributed by atoms with Gasteiger partial charge < -0.3 is 20.4 Å². The van der Waals surface area contributed by atoms with Crippen LogP contribution in [0.5, 0.6) is 0 Å². The fourth-order valence-corrected chi connectivity index (χ4v) is 4.38. The Morgan fingerprint density at radius 2 is 1.66 bits per heavy atom. The highest BCUT2D eigenvalue weighted by Gasteiger charge is 2.32. The highest BCUT2D eigenvalue weighted by atomic mass is 16.2. The number of likely N-dealkylation sites (tertiary alicyclic amines) is 2. The first kappa shape index (κ1) is 21.9. The predicted molar refractivity (Wildman–Crippen MR) is 123 cm³/mol. The average molecular weight is 435 g/mol. The van der Waals surface area contributed by atoms with Crippen LogP contribution in [0.1, 0.15) is 49.3 Å². The van der Waals surface area contributed by atoms with Crippen molar-refractivity contribution in [2.24, 2.45) is 0 Å². The Morgan fingerprint density at radius 3 is 2.41 bits per heavy atom. The van der Waals surface area contributed by atoms with Gasteiger partial charge in [0.1, 0.15) is 6.04 Å². The molecule has 2 aromatic rings. The molecule has 4 amide bonds. The van der Waals surface area contributed by atoms with E-state index >= 15 is 0 Å². The van der Waals surface area contributed by atoms with Crippen LogP contribution in [0.3, 0.4) is 0 Å². The van der Waals surface area contributed by atoms with E-state index in [1.54, 1.807) is 4.90 Å². The second-order valence-electron chi connectivity index (χ2n) is 8.40. The number of piperidine rings is 1. The summed E-state index contributed by atoms with van der Waals surface area (Å²) in [6, 6.07) is 16.2. The van der Waals surface area contributed by atoms with Crippen molar-refractivity contribution in [2.75, 3.05) is 25.0 Å². The molecule has 2 aromatic carbocycles. The normalized spacial score (nSPS) is 17.2. The average Bonchev–Trinajstić information content (AvgIpc) is 3.35. The molecule has 2 N–H and O–H groups in total. The fraction of sp³-hybridized carbons (Fsp3) is 0.400. The van der Waals surface area contributed by atoms with Crippen molar-refractivity contribution < 1.29 is 14.4 Å². The van der Waals surface area contributed by atoms with Gasteiger partial charge in [-0.2, -0.15) is 0 Å². The SMILES string of the molecule is O=C(NCc1cccc(NC(=O)N2CCCC2)c1)C(c1ccccc1)N1CCCCC1=O. The van der Waals surface area contributed by atoms with Crippen molar-refractivity contribution in [3.05, 3.63) is 65.7 Å². The van der Waals surface area contributed by atoms with Gasteiger partial charge >= 0.3 is 6.03 Å². The largest absolute Gasteiger partial charge is 0.350 e. The molecule has 4 rings (SSSR count). The van der Waals surface area contributed by atoms with Crippen molar-refractivity contribution >= 4 is 23.5 Å². The van der Waals surface area contributed by atoms with Crippen LogP contribution in [0, 0.1) is 0 Å². The standard InChI is InChI=1S/C25H30N4O3/c30-22-13-4-5-16-29(22)23(20-10-2-1-3-11-20)24(31)26-18-19-9-8-12-21(17-19)27-25(32)28-14-6-7-15-28/h1-3,8-12,17,23H,4-7,13-16,18H2,(H,26,31)(H,27,32). The Balaban J connectivity index is 1.42. The second-order valence-corrected chi connectivity index (χ2v) is 8.40. The number of hydrogen-bond acceptors (Lipinski definition) is 3. The first-order valence-corrected chi connectivity index (χ1v) is 11.4. The Labute approximate surface area is 188 Å². The summed E-state index contributed by atoms with van der Waals surface area (Å²) in [4.78, 5) is 41.6. The Hall–Kier alpha value is -3.35. The molecule has 7 nitrogen and oxygen atoms in total. The molecule has 0 aliphatic carbocycles. The van der Waals surface area contributed by atoms with Gasteiger partial charge in [-0.1, -0.05) is 42.5 Å². The summed E-state index contributed by atoms with van der Waals surface area (Å²) in [6.07, 6.45) is 4.34. The monoisotopic (exact) mass is 434 g/mol. The minimum Gasteiger partial charge on any atom is -0.350 e. The highest BCUT2D eigenvalue weighted by Crippen LogP contribution is 2.26. The van der Waals surface area contributed by atoms with E-state index in [4.69, 9.17) is 0 Å². The quantitative estimate of drug-likeness (QED) is 0.728. The van der Waals surface area contributed by atoms with Crippen molar-refractivity contribution in [3.8, 4) is 0 Å². The maximum Gasteiger partial charge on any atom is 0.321 e. The van der Waals surface area contributed by atoms with E-state index in [0.717, 1.165) is 49.9 Å². The van der Waals surface area contributed by atoms with Crippen molar-refractivity contribution in [1.82, 2.24) is 15.1 Å².